The molecule has 17 heteroatoms. The second kappa shape index (κ2) is 15.5. The maximum atomic E-state index is 14.4. The molecule has 0 amide bonds. The first-order valence-electron chi connectivity index (χ1n) is 12.4. The second-order valence-corrected chi connectivity index (χ2v) is 9.44. The lowest BCUT2D eigenvalue weighted by Crippen LogP contribution is -2.28. The number of nitrogens with zero attached hydrogens (tertiary/aromatic N) is 5. The van der Waals surface area contributed by atoms with Crippen LogP contribution in [0.1, 0.15) is 53.2 Å². The summed E-state index contributed by atoms with van der Waals surface area (Å²) in [4.78, 5) is 31.8. The Morgan fingerprint density at radius 3 is 2.28 bits per heavy atom. The molecule has 0 aliphatic carbocycles. The molecule has 9 nitrogen and oxygen atoms in total. The van der Waals surface area contributed by atoms with Crippen molar-refractivity contribution in [3.8, 4) is 11.4 Å². The quantitative estimate of drug-likeness (QED) is 0.159. The van der Waals surface area contributed by atoms with Gasteiger partial charge in [0.2, 0.25) is 0 Å². The van der Waals surface area contributed by atoms with Crippen LogP contribution in [0, 0.1) is 5.82 Å². The molecule has 0 atom stereocenters. The zero-order chi connectivity index (χ0) is 32.4. The van der Waals surface area contributed by atoms with Gasteiger partial charge in [0.25, 0.3) is 11.5 Å². The Labute approximate surface area is 245 Å². The van der Waals surface area contributed by atoms with Gasteiger partial charge in [0.05, 0.1) is 23.0 Å². The molecule has 0 saturated carbocycles. The van der Waals surface area contributed by atoms with Crippen LogP contribution in [0.4, 0.5) is 35.9 Å². The van der Waals surface area contributed by atoms with Crippen LogP contribution in [0.15, 0.2) is 41.7 Å². The molecule has 0 aliphatic heterocycles. The van der Waals surface area contributed by atoms with Gasteiger partial charge in [-0.05, 0) is 36.4 Å². The molecule has 3 aromatic rings. The van der Waals surface area contributed by atoms with Crippen molar-refractivity contribution in [2.45, 2.75) is 38.3 Å². The Bertz CT molecular complexity index is 1470. The van der Waals surface area contributed by atoms with Crippen LogP contribution in [0.5, 0.6) is 0 Å². The van der Waals surface area contributed by atoms with Crippen LogP contribution in [-0.4, -0.2) is 55.6 Å². The Kier molecular flexibility index (Phi) is 12.7. The minimum atomic E-state index is -4.92. The molecule has 234 valence electrons. The lowest BCUT2D eigenvalue weighted by molar-refractivity contribution is -0.138. The Morgan fingerprint density at radius 1 is 1.09 bits per heavy atom. The van der Waals surface area contributed by atoms with E-state index < -0.39 is 59.2 Å². The van der Waals surface area contributed by atoms with Crippen molar-refractivity contribution in [3.05, 3.63) is 75.3 Å². The first-order chi connectivity index (χ1) is 20.2. The molecule has 2 aromatic heterocycles. The maximum absolute atomic E-state index is 14.4. The number of nitrogen functional groups attached to an aromatic ring is 1. The monoisotopic (exact) mass is 636 g/mol. The number of benzene rings is 1. The number of nitrogens with two attached hydrogens (primary N) is 1. The Balaban J connectivity index is 0.000000385. The number of halogens is 7. The van der Waals surface area contributed by atoms with Crippen molar-refractivity contribution >= 4 is 30.4 Å². The van der Waals surface area contributed by atoms with Gasteiger partial charge < -0.3 is 15.7 Å². The van der Waals surface area contributed by atoms with Gasteiger partial charge >= 0.3 is 6.18 Å². The average Bonchev–Trinajstić information content (AvgIpc) is 2.96. The van der Waals surface area contributed by atoms with Crippen molar-refractivity contribution < 1.29 is 40.1 Å². The zero-order valence-electron chi connectivity index (χ0n) is 22.8. The molecule has 0 saturated heterocycles. The summed E-state index contributed by atoms with van der Waals surface area (Å²) in [6.45, 7) is 1.59. The summed E-state index contributed by atoms with van der Waals surface area (Å²) in [5, 5.41) is 11.8. The summed E-state index contributed by atoms with van der Waals surface area (Å²) in [5.41, 5.74) is 0.890. The van der Waals surface area contributed by atoms with Crippen LogP contribution < -0.4 is 11.3 Å². The highest BCUT2D eigenvalue weighted by atomic mass is 32.2. The Hall–Kier alpha value is -3.99. The van der Waals surface area contributed by atoms with Crippen LogP contribution in [-0.2, 0) is 12.1 Å². The van der Waals surface area contributed by atoms with Crippen LogP contribution in [0.2, 0.25) is 0 Å². The van der Waals surface area contributed by atoms with Crippen molar-refractivity contribution in [1.82, 2.24) is 24.1 Å². The molecule has 0 aliphatic rings. The number of aliphatic hydroxyl groups is 1. The van der Waals surface area contributed by atoms with Crippen molar-refractivity contribution in [1.29, 1.82) is 0 Å². The highest BCUT2D eigenvalue weighted by molar-refractivity contribution is 7.92. The highest BCUT2D eigenvalue weighted by Crippen LogP contribution is 2.31. The lowest BCUT2D eigenvalue weighted by atomic mass is 10.0. The number of aliphatic hydroxyl groups excluding tert-OH is 1. The number of alkyl halides is 5. The predicted octanol–water partition coefficient (Wildman–Crippen LogP) is 5.50. The summed E-state index contributed by atoms with van der Waals surface area (Å²) >= 11 is -0.728. The van der Waals surface area contributed by atoms with Gasteiger partial charge in [0.15, 0.2) is 24.4 Å². The fourth-order valence-corrected chi connectivity index (χ4v) is 3.69. The van der Waals surface area contributed by atoms with E-state index in [-0.39, 0.29) is 21.0 Å². The second-order valence-electron chi connectivity index (χ2n) is 8.96. The van der Waals surface area contributed by atoms with Gasteiger partial charge in [-0.3, -0.25) is 9.59 Å². The minimum Gasteiger partial charge on any atom is -0.397 e. The number of carbonyl (C=O) groups is 1. The summed E-state index contributed by atoms with van der Waals surface area (Å²) in [6, 6.07) is 2.48. The summed E-state index contributed by atoms with van der Waals surface area (Å²) in [6.07, 6.45) is 4.64. The van der Waals surface area contributed by atoms with Crippen molar-refractivity contribution in [3.63, 3.8) is 0 Å². The fraction of sp³-hybridized carbons (Fsp3) is 0.346. The van der Waals surface area contributed by atoms with E-state index in [0.29, 0.717) is 18.0 Å². The molecule has 0 radical (unpaired) electrons. The third kappa shape index (κ3) is 9.51. The van der Waals surface area contributed by atoms with E-state index in [2.05, 4.69) is 22.0 Å². The smallest absolute Gasteiger partial charge is 0.397 e. The van der Waals surface area contributed by atoms with E-state index in [1.54, 1.807) is 12.3 Å². The van der Waals surface area contributed by atoms with Crippen molar-refractivity contribution in [2.24, 2.45) is 0 Å². The molecule has 2 heterocycles. The average molecular weight is 637 g/mol. The summed E-state index contributed by atoms with van der Waals surface area (Å²) in [5.74, 6) is -4.31. The molecular weight excluding hydrogens is 609 g/mol. The SMILES string of the molecule is CCCCCN(C)/C=C\c1cc(-c2ncc(C(F)(F)CO)cn2)c(F)cc1C=O.Nc1cnn(SF)c(=O)c1C(F)(F)F. The Morgan fingerprint density at radius 2 is 1.74 bits per heavy atom. The van der Waals surface area contributed by atoms with E-state index in [4.69, 9.17) is 10.8 Å². The molecule has 0 spiro atoms. The normalized spacial score (nSPS) is 11.8. The largest absolute Gasteiger partial charge is 0.423 e. The van der Waals surface area contributed by atoms with E-state index in [0.717, 1.165) is 44.3 Å². The summed E-state index contributed by atoms with van der Waals surface area (Å²) < 4.78 is 89.8. The van der Waals surface area contributed by atoms with E-state index in [1.165, 1.54) is 6.07 Å². The predicted molar refractivity (Wildman–Crippen MR) is 147 cm³/mol. The van der Waals surface area contributed by atoms with E-state index in [9.17, 15) is 39.8 Å². The number of aldehydes is 1. The standard InChI is InChI=1S/C21H24F3N3O2.C5H3F4N3OS/c1-3-4-5-7-27(2)8-6-15-9-18(19(22)10-16(15)13-28)20-25-11-17(12-26-20)21(23,24)14-29;6-5(7,8)3-2(10)1-11-12(14-9)4(3)13/h6,8-13,29H,3-5,7,14H2,1-2H3;1H,10H2/b8-6-;. The van der Waals surface area contributed by atoms with Crippen LogP contribution in [0.3, 0.4) is 0 Å². The van der Waals surface area contributed by atoms with Gasteiger partial charge in [-0.1, -0.05) is 19.8 Å². The third-order valence-corrected chi connectivity index (χ3v) is 6.15. The fourth-order valence-electron chi connectivity index (χ4n) is 3.45. The van der Waals surface area contributed by atoms with Gasteiger partial charge in [-0.2, -0.15) is 27.1 Å². The highest BCUT2D eigenvalue weighted by Gasteiger charge is 2.37. The number of carbonyl (C=O) groups excluding carboxylic acids is 1. The van der Waals surface area contributed by atoms with Crippen molar-refractivity contribution in [2.75, 3.05) is 25.9 Å². The van der Waals surface area contributed by atoms with Gasteiger partial charge in [0, 0.05) is 31.5 Å². The van der Waals surface area contributed by atoms with Crippen LogP contribution >= 0.6 is 12.3 Å². The number of hydrogen-bond donors (Lipinski definition) is 2. The number of rotatable bonds is 11. The number of aromatic nitrogens is 4. The van der Waals surface area contributed by atoms with Gasteiger partial charge in [-0.25, -0.2) is 14.4 Å². The first-order valence-corrected chi connectivity index (χ1v) is 13.1. The number of hydrogen-bond acceptors (Lipinski definition) is 9. The summed E-state index contributed by atoms with van der Waals surface area (Å²) in [7, 11) is 1.90. The molecule has 0 fully saturated rings. The maximum Gasteiger partial charge on any atom is 0.423 e. The molecule has 3 rings (SSSR count). The number of anilines is 1. The van der Waals surface area contributed by atoms with E-state index >= 15 is 0 Å². The van der Waals surface area contributed by atoms with Gasteiger partial charge in [0.1, 0.15) is 18.0 Å². The molecule has 1 aromatic carbocycles. The van der Waals surface area contributed by atoms with Gasteiger partial charge in [-0.15, -0.1) is 7.97 Å². The molecule has 43 heavy (non-hydrogen) atoms. The number of unbranched alkanes of at least 4 members (excludes halogenated alkanes) is 2. The van der Waals surface area contributed by atoms with Crippen LogP contribution in [0.25, 0.3) is 17.5 Å². The molecule has 3 N–H and O–H groups in total. The minimum absolute atomic E-state index is 0.0113. The zero-order valence-corrected chi connectivity index (χ0v) is 23.6. The molecule has 0 bridgehead atoms. The van der Waals surface area contributed by atoms with E-state index in [1.807, 2.05) is 11.9 Å². The topological polar surface area (TPSA) is 127 Å². The first kappa shape index (κ1) is 35.2. The third-order valence-electron chi connectivity index (χ3n) is 5.76. The molecular formula is C26H27F7N6O3S. The molecule has 0 unspecified atom stereocenters. The lowest BCUT2D eigenvalue weighted by Gasteiger charge is -2.14.